The highest BCUT2D eigenvalue weighted by molar-refractivity contribution is 5.99. The van der Waals surface area contributed by atoms with Crippen LogP contribution in [0.15, 0.2) is 73.4 Å². The number of nitrogens with zero attached hydrogens (tertiary/aromatic N) is 4. The molecule has 0 atom stereocenters. The third-order valence-electron chi connectivity index (χ3n) is 5.17. The second kappa shape index (κ2) is 9.93. The molecule has 8 heteroatoms. The maximum absolute atomic E-state index is 11.7. The molecule has 1 aliphatic heterocycles. The Kier molecular flexibility index (Phi) is 6.62. The van der Waals surface area contributed by atoms with Crippen LogP contribution >= 0.6 is 0 Å². The second-order valence-corrected chi connectivity index (χ2v) is 7.47. The Morgan fingerprint density at radius 1 is 1.06 bits per heavy atom. The van der Waals surface area contributed by atoms with Gasteiger partial charge in [0, 0.05) is 49.8 Å². The number of carbonyl (C=O) groups is 1. The summed E-state index contributed by atoms with van der Waals surface area (Å²) in [5.41, 5.74) is 2.63. The van der Waals surface area contributed by atoms with Gasteiger partial charge >= 0.3 is 0 Å². The van der Waals surface area contributed by atoms with Crippen molar-refractivity contribution in [1.82, 2.24) is 14.9 Å². The van der Waals surface area contributed by atoms with Crippen LogP contribution in [0.2, 0.25) is 0 Å². The summed E-state index contributed by atoms with van der Waals surface area (Å²) in [7, 11) is 2.15. The van der Waals surface area contributed by atoms with E-state index in [0.717, 1.165) is 31.9 Å². The van der Waals surface area contributed by atoms with Gasteiger partial charge in [0.15, 0.2) is 5.75 Å². The molecule has 32 heavy (non-hydrogen) atoms. The fourth-order valence-corrected chi connectivity index (χ4v) is 3.36. The first-order valence-electron chi connectivity index (χ1n) is 10.4. The van der Waals surface area contributed by atoms with Crippen molar-refractivity contribution in [2.45, 2.75) is 0 Å². The number of likely N-dealkylation sites (N-methyl/N-ethyl adjacent to an activating group) is 1. The molecule has 1 saturated heterocycles. The lowest BCUT2D eigenvalue weighted by Gasteiger charge is -2.34. The topological polar surface area (TPSA) is 82.6 Å². The molecule has 3 aromatic rings. The third-order valence-corrected chi connectivity index (χ3v) is 5.17. The first kappa shape index (κ1) is 21.3. The van der Waals surface area contributed by atoms with Crippen molar-refractivity contribution in [3.05, 3.63) is 73.4 Å². The summed E-state index contributed by atoms with van der Waals surface area (Å²) in [6.45, 7) is 7.67. The maximum atomic E-state index is 11.7. The molecular weight excluding hydrogens is 404 g/mol. The minimum atomic E-state index is -0.314. The quantitative estimate of drug-likeness (QED) is 0.550. The smallest absolute Gasteiger partial charge is 0.247 e. The van der Waals surface area contributed by atoms with E-state index in [0.29, 0.717) is 23.3 Å². The van der Waals surface area contributed by atoms with E-state index in [-0.39, 0.29) is 5.91 Å². The van der Waals surface area contributed by atoms with Crippen molar-refractivity contribution in [2.24, 2.45) is 0 Å². The number of para-hydroxylation sites is 2. The molecule has 0 bridgehead atoms. The normalized spacial score (nSPS) is 14.0. The predicted octanol–water partition coefficient (Wildman–Crippen LogP) is 3.89. The molecular formula is C24H26N6O2. The van der Waals surface area contributed by atoms with Crippen LogP contribution < -0.4 is 20.3 Å². The predicted molar refractivity (Wildman–Crippen MR) is 127 cm³/mol. The monoisotopic (exact) mass is 430 g/mol. The number of nitrogens with one attached hydrogen (secondary N) is 2. The molecule has 0 radical (unpaired) electrons. The van der Waals surface area contributed by atoms with E-state index >= 15 is 0 Å². The van der Waals surface area contributed by atoms with Gasteiger partial charge in [-0.25, -0.2) is 4.98 Å². The summed E-state index contributed by atoms with van der Waals surface area (Å²) in [4.78, 5) is 25.1. The largest absolute Gasteiger partial charge is 0.437 e. The van der Waals surface area contributed by atoms with E-state index in [9.17, 15) is 4.79 Å². The Labute approximate surface area is 187 Å². The second-order valence-electron chi connectivity index (χ2n) is 7.47. The number of hydrogen-bond donors (Lipinski definition) is 2. The Hall–Kier alpha value is -3.91. The molecule has 2 heterocycles. The SMILES string of the molecule is C=CC(=O)Nc1ccccc1Oc1ccnc(Nc2ccc(N3CCN(C)CC3)cc2)n1. The molecule has 1 aliphatic rings. The molecule has 2 aromatic carbocycles. The van der Waals surface area contributed by atoms with Crippen molar-refractivity contribution in [1.29, 1.82) is 0 Å². The number of piperazine rings is 1. The van der Waals surface area contributed by atoms with Gasteiger partial charge in [0.1, 0.15) is 0 Å². The van der Waals surface area contributed by atoms with Gasteiger partial charge in [-0.3, -0.25) is 4.79 Å². The van der Waals surface area contributed by atoms with Crippen LogP contribution in [0.25, 0.3) is 0 Å². The average molecular weight is 431 g/mol. The number of benzene rings is 2. The van der Waals surface area contributed by atoms with Crippen LogP contribution in [-0.2, 0) is 4.79 Å². The van der Waals surface area contributed by atoms with Gasteiger partial charge < -0.3 is 25.2 Å². The third kappa shape index (κ3) is 5.41. The molecule has 0 spiro atoms. The Morgan fingerprint density at radius 2 is 1.81 bits per heavy atom. The highest BCUT2D eigenvalue weighted by Gasteiger charge is 2.14. The Bertz CT molecular complexity index is 1080. The fraction of sp³-hybridized carbons (Fsp3) is 0.208. The molecule has 1 aromatic heterocycles. The van der Waals surface area contributed by atoms with Gasteiger partial charge in [0.2, 0.25) is 17.7 Å². The van der Waals surface area contributed by atoms with Crippen molar-refractivity contribution in [3.8, 4) is 11.6 Å². The zero-order valence-electron chi connectivity index (χ0n) is 18.0. The zero-order valence-corrected chi connectivity index (χ0v) is 18.0. The molecule has 0 unspecified atom stereocenters. The van der Waals surface area contributed by atoms with Gasteiger partial charge in [-0.05, 0) is 49.5 Å². The molecule has 2 N–H and O–H groups in total. The standard InChI is InChI=1S/C24H26N6O2/c1-3-22(31)27-20-6-4-5-7-21(20)32-23-12-13-25-24(28-23)26-18-8-10-19(11-9-18)30-16-14-29(2)15-17-30/h3-13H,1,14-17H2,2H3,(H,27,31)(H,25,26,28). The van der Waals surface area contributed by atoms with Crippen LogP contribution in [0, 0.1) is 0 Å². The van der Waals surface area contributed by atoms with Crippen molar-refractivity contribution in [2.75, 3.05) is 48.8 Å². The van der Waals surface area contributed by atoms with E-state index in [1.807, 2.05) is 24.3 Å². The lowest BCUT2D eigenvalue weighted by atomic mass is 10.2. The van der Waals surface area contributed by atoms with Crippen molar-refractivity contribution < 1.29 is 9.53 Å². The first-order chi connectivity index (χ1) is 15.6. The van der Waals surface area contributed by atoms with Gasteiger partial charge in [-0.1, -0.05) is 18.7 Å². The van der Waals surface area contributed by atoms with Crippen LogP contribution in [0.1, 0.15) is 0 Å². The van der Waals surface area contributed by atoms with Gasteiger partial charge in [0.05, 0.1) is 5.69 Å². The summed E-state index contributed by atoms with van der Waals surface area (Å²) in [5, 5.41) is 5.93. The summed E-state index contributed by atoms with van der Waals surface area (Å²) in [6.07, 6.45) is 2.83. The molecule has 8 nitrogen and oxygen atoms in total. The number of rotatable bonds is 7. The van der Waals surface area contributed by atoms with Crippen LogP contribution in [0.5, 0.6) is 11.6 Å². The van der Waals surface area contributed by atoms with Crippen molar-refractivity contribution >= 4 is 28.9 Å². The van der Waals surface area contributed by atoms with E-state index in [1.54, 1.807) is 24.4 Å². The van der Waals surface area contributed by atoms with Gasteiger partial charge in [0.25, 0.3) is 0 Å². The molecule has 1 amide bonds. The molecule has 0 aliphatic carbocycles. The number of amides is 1. The number of anilines is 4. The number of carbonyl (C=O) groups excluding carboxylic acids is 1. The Morgan fingerprint density at radius 3 is 2.56 bits per heavy atom. The molecule has 164 valence electrons. The van der Waals surface area contributed by atoms with E-state index in [4.69, 9.17) is 4.74 Å². The summed E-state index contributed by atoms with van der Waals surface area (Å²) in [5.74, 6) is 0.939. The average Bonchev–Trinajstić information content (AvgIpc) is 2.82. The van der Waals surface area contributed by atoms with Crippen LogP contribution in [0.3, 0.4) is 0 Å². The lowest BCUT2D eigenvalue weighted by molar-refractivity contribution is -0.111. The molecule has 4 rings (SSSR count). The summed E-state index contributed by atoms with van der Waals surface area (Å²) >= 11 is 0. The number of hydrogen-bond acceptors (Lipinski definition) is 7. The minimum Gasteiger partial charge on any atom is -0.437 e. The highest BCUT2D eigenvalue weighted by Crippen LogP contribution is 2.29. The minimum absolute atomic E-state index is 0.314. The first-order valence-corrected chi connectivity index (χ1v) is 10.4. The number of aromatic nitrogens is 2. The van der Waals surface area contributed by atoms with Crippen LogP contribution in [-0.4, -0.2) is 54.0 Å². The van der Waals surface area contributed by atoms with Crippen LogP contribution in [0.4, 0.5) is 23.0 Å². The van der Waals surface area contributed by atoms with Crippen molar-refractivity contribution in [3.63, 3.8) is 0 Å². The van der Waals surface area contributed by atoms with E-state index in [2.05, 4.69) is 56.2 Å². The maximum Gasteiger partial charge on any atom is 0.247 e. The van der Waals surface area contributed by atoms with Gasteiger partial charge in [-0.2, -0.15) is 4.98 Å². The van der Waals surface area contributed by atoms with E-state index in [1.165, 1.54) is 11.8 Å². The molecule has 0 saturated carbocycles. The lowest BCUT2D eigenvalue weighted by Crippen LogP contribution is -2.44. The number of ether oxygens (including phenoxy) is 1. The fourth-order valence-electron chi connectivity index (χ4n) is 3.36. The zero-order chi connectivity index (χ0) is 22.3. The van der Waals surface area contributed by atoms with Gasteiger partial charge in [-0.15, -0.1) is 0 Å². The van der Waals surface area contributed by atoms with E-state index < -0.39 is 0 Å². The summed E-state index contributed by atoms with van der Waals surface area (Å²) < 4.78 is 5.89. The Balaban J connectivity index is 1.43. The molecule has 1 fully saturated rings. The highest BCUT2D eigenvalue weighted by atomic mass is 16.5. The summed E-state index contributed by atoms with van der Waals surface area (Å²) in [6, 6.07) is 17.0.